The Kier molecular flexibility index (Phi) is 4.82. The van der Waals surface area contributed by atoms with E-state index in [-0.39, 0.29) is 6.54 Å². The third kappa shape index (κ3) is 3.48. The molecule has 0 aliphatic carbocycles. The fourth-order valence-electron chi connectivity index (χ4n) is 2.90. The topological polar surface area (TPSA) is 78.5 Å². The zero-order valence-corrected chi connectivity index (χ0v) is 16.0. The second-order valence-corrected chi connectivity index (χ2v) is 7.29. The largest absolute Gasteiger partial charge is 0.325 e. The summed E-state index contributed by atoms with van der Waals surface area (Å²) in [5.74, 6) is -0.891. The molecule has 26 heavy (non-hydrogen) atoms. The highest BCUT2D eigenvalue weighted by molar-refractivity contribution is 9.10. The Bertz CT molecular complexity index is 899. The number of urea groups is 1. The van der Waals surface area contributed by atoms with E-state index in [2.05, 4.69) is 26.6 Å². The maximum absolute atomic E-state index is 12.8. The van der Waals surface area contributed by atoms with Crippen molar-refractivity contribution in [2.45, 2.75) is 19.4 Å². The van der Waals surface area contributed by atoms with Gasteiger partial charge in [-0.05, 0) is 49.2 Å². The van der Waals surface area contributed by atoms with Crippen molar-refractivity contribution in [3.8, 4) is 0 Å². The molecule has 2 N–H and O–H groups in total. The summed E-state index contributed by atoms with van der Waals surface area (Å²) in [6, 6.07) is 13.9. The quantitative estimate of drug-likeness (QED) is 0.752. The summed E-state index contributed by atoms with van der Waals surface area (Å²) in [5, 5.41) is 5.40. The minimum absolute atomic E-state index is 0.345. The van der Waals surface area contributed by atoms with Crippen LogP contribution in [-0.2, 0) is 15.1 Å². The summed E-state index contributed by atoms with van der Waals surface area (Å²) in [6.45, 7) is 3.20. The second-order valence-electron chi connectivity index (χ2n) is 6.37. The summed E-state index contributed by atoms with van der Waals surface area (Å²) in [4.78, 5) is 38.4. The van der Waals surface area contributed by atoms with Gasteiger partial charge in [0, 0.05) is 10.2 Å². The molecule has 0 spiro atoms. The fraction of sp³-hybridized carbons (Fsp3) is 0.211. The normalized spacial score (nSPS) is 19.4. The molecule has 4 amide bonds. The first-order valence-corrected chi connectivity index (χ1v) is 8.85. The molecule has 0 bridgehead atoms. The van der Waals surface area contributed by atoms with Gasteiger partial charge in [0.15, 0.2) is 0 Å². The first-order valence-electron chi connectivity index (χ1n) is 8.06. The van der Waals surface area contributed by atoms with E-state index >= 15 is 0 Å². The van der Waals surface area contributed by atoms with Crippen LogP contribution in [0.1, 0.15) is 18.1 Å². The summed E-state index contributed by atoms with van der Waals surface area (Å²) in [7, 11) is 0. The second kappa shape index (κ2) is 6.92. The van der Waals surface area contributed by atoms with Crippen molar-refractivity contribution in [2.75, 3.05) is 11.9 Å². The lowest BCUT2D eigenvalue weighted by Crippen LogP contribution is -2.42. The van der Waals surface area contributed by atoms with E-state index in [4.69, 9.17) is 0 Å². The number of anilines is 1. The van der Waals surface area contributed by atoms with E-state index in [0.29, 0.717) is 11.3 Å². The van der Waals surface area contributed by atoms with Crippen molar-refractivity contribution < 1.29 is 14.4 Å². The average molecular weight is 416 g/mol. The molecular formula is C19H18BrN3O3. The van der Waals surface area contributed by atoms with Crippen LogP contribution < -0.4 is 10.6 Å². The number of nitrogens with one attached hydrogen (secondary N) is 2. The maximum Gasteiger partial charge on any atom is 0.325 e. The molecule has 3 rings (SSSR count). The SMILES string of the molecule is Cc1cccc(NC(=O)CN2C(=O)NC(C)(c3cccc(Br)c3)C2=O)c1. The lowest BCUT2D eigenvalue weighted by molar-refractivity contribution is -0.133. The predicted molar refractivity (Wildman–Crippen MR) is 102 cm³/mol. The fourth-order valence-corrected chi connectivity index (χ4v) is 3.30. The summed E-state index contributed by atoms with van der Waals surface area (Å²) in [5.41, 5.74) is 1.06. The number of amides is 4. The van der Waals surface area contributed by atoms with E-state index in [0.717, 1.165) is 14.9 Å². The third-order valence-electron chi connectivity index (χ3n) is 4.28. The number of hydrogen-bond acceptors (Lipinski definition) is 3. The Labute approximate surface area is 159 Å². The van der Waals surface area contributed by atoms with Crippen LogP contribution in [0.15, 0.2) is 53.0 Å². The van der Waals surface area contributed by atoms with Gasteiger partial charge in [-0.3, -0.25) is 14.5 Å². The molecule has 1 atom stereocenters. The van der Waals surface area contributed by atoms with Gasteiger partial charge < -0.3 is 10.6 Å². The van der Waals surface area contributed by atoms with Crippen molar-refractivity contribution in [1.29, 1.82) is 0 Å². The van der Waals surface area contributed by atoms with Crippen LogP contribution in [0.3, 0.4) is 0 Å². The van der Waals surface area contributed by atoms with E-state index in [1.54, 1.807) is 31.2 Å². The van der Waals surface area contributed by atoms with E-state index < -0.39 is 23.4 Å². The smallest absolute Gasteiger partial charge is 0.325 e. The van der Waals surface area contributed by atoms with Crippen LogP contribution in [0.25, 0.3) is 0 Å². The van der Waals surface area contributed by atoms with Crippen LogP contribution in [0.4, 0.5) is 10.5 Å². The molecule has 0 aromatic heterocycles. The standard InChI is InChI=1S/C19H18BrN3O3/c1-12-5-3-8-15(9-12)21-16(24)11-23-17(25)19(2,22-18(23)26)13-6-4-7-14(20)10-13/h3-10H,11H2,1-2H3,(H,21,24)(H,22,26). The molecule has 1 aliphatic rings. The van der Waals surface area contributed by atoms with Crippen LogP contribution >= 0.6 is 15.9 Å². The number of halogens is 1. The Hall–Kier alpha value is -2.67. The number of carbonyl (C=O) groups excluding carboxylic acids is 3. The molecule has 1 aliphatic heterocycles. The summed E-state index contributed by atoms with van der Waals surface area (Å²) >= 11 is 3.37. The molecule has 1 fully saturated rings. The molecule has 1 unspecified atom stereocenters. The van der Waals surface area contributed by atoms with Gasteiger partial charge in [-0.15, -0.1) is 0 Å². The van der Waals surface area contributed by atoms with Crippen molar-refractivity contribution in [1.82, 2.24) is 10.2 Å². The maximum atomic E-state index is 12.8. The first-order chi connectivity index (χ1) is 12.3. The molecule has 0 saturated carbocycles. The number of benzene rings is 2. The average Bonchev–Trinajstić information content (AvgIpc) is 2.79. The number of imide groups is 1. The highest BCUT2D eigenvalue weighted by Crippen LogP contribution is 2.30. The van der Waals surface area contributed by atoms with Gasteiger partial charge in [0.2, 0.25) is 5.91 Å². The van der Waals surface area contributed by atoms with Crippen molar-refractivity contribution in [2.24, 2.45) is 0 Å². The summed E-state index contributed by atoms with van der Waals surface area (Å²) < 4.78 is 0.800. The lowest BCUT2D eigenvalue weighted by Gasteiger charge is -2.22. The van der Waals surface area contributed by atoms with Gasteiger partial charge in [-0.2, -0.15) is 0 Å². The molecule has 6 nitrogen and oxygen atoms in total. The predicted octanol–water partition coefficient (Wildman–Crippen LogP) is 3.16. The molecule has 1 heterocycles. The minimum Gasteiger partial charge on any atom is -0.325 e. The van der Waals surface area contributed by atoms with E-state index in [1.165, 1.54) is 0 Å². The molecule has 0 radical (unpaired) electrons. The van der Waals surface area contributed by atoms with Gasteiger partial charge >= 0.3 is 6.03 Å². The third-order valence-corrected chi connectivity index (χ3v) is 4.77. The zero-order chi connectivity index (χ0) is 18.9. The Balaban J connectivity index is 1.76. The highest BCUT2D eigenvalue weighted by atomic mass is 79.9. The molecule has 134 valence electrons. The minimum atomic E-state index is -1.20. The number of aryl methyl sites for hydroxylation is 1. The van der Waals surface area contributed by atoms with Gasteiger partial charge in [0.1, 0.15) is 12.1 Å². The molecule has 1 saturated heterocycles. The number of hydrogen-bond donors (Lipinski definition) is 2. The van der Waals surface area contributed by atoms with Crippen LogP contribution in [-0.4, -0.2) is 29.3 Å². The van der Waals surface area contributed by atoms with E-state index in [9.17, 15) is 14.4 Å². The first kappa shape index (κ1) is 18.1. The molecular weight excluding hydrogens is 398 g/mol. The molecule has 2 aromatic carbocycles. The zero-order valence-electron chi connectivity index (χ0n) is 14.4. The van der Waals surface area contributed by atoms with Crippen molar-refractivity contribution in [3.05, 3.63) is 64.1 Å². The monoisotopic (exact) mass is 415 g/mol. The van der Waals surface area contributed by atoms with Crippen LogP contribution in [0, 0.1) is 6.92 Å². The van der Waals surface area contributed by atoms with Gasteiger partial charge in [-0.1, -0.05) is 40.2 Å². The number of nitrogens with zero attached hydrogens (tertiary/aromatic N) is 1. The van der Waals surface area contributed by atoms with Crippen molar-refractivity contribution >= 4 is 39.5 Å². The van der Waals surface area contributed by atoms with E-state index in [1.807, 2.05) is 31.2 Å². The van der Waals surface area contributed by atoms with Crippen LogP contribution in [0.5, 0.6) is 0 Å². The van der Waals surface area contributed by atoms with Crippen molar-refractivity contribution in [3.63, 3.8) is 0 Å². The Morgan fingerprint density at radius 1 is 1.19 bits per heavy atom. The van der Waals surface area contributed by atoms with Gasteiger partial charge in [0.25, 0.3) is 5.91 Å². The van der Waals surface area contributed by atoms with Gasteiger partial charge in [0.05, 0.1) is 0 Å². The lowest BCUT2D eigenvalue weighted by atomic mass is 9.92. The van der Waals surface area contributed by atoms with Crippen LogP contribution in [0.2, 0.25) is 0 Å². The number of carbonyl (C=O) groups is 3. The number of rotatable bonds is 4. The molecule has 2 aromatic rings. The Morgan fingerprint density at radius 3 is 2.62 bits per heavy atom. The highest BCUT2D eigenvalue weighted by Gasteiger charge is 2.49. The Morgan fingerprint density at radius 2 is 1.92 bits per heavy atom. The van der Waals surface area contributed by atoms with Gasteiger partial charge in [-0.25, -0.2) is 4.79 Å². The summed E-state index contributed by atoms with van der Waals surface area (Å²) in [6.07, 6.45) is 0. The molecule has 7 heteroatoms.